The lowest BCUT2D eigenvalue weighted by molar-refractivity contribution is 0.541. The van der Waals surface area contributed by atoms with E-state index < -0.39 is 5.66 Å². The van der Waals surface area contributed by atoms with Gasteiger partial charge in [-0.3, -0.25) is 5.32 Å². The second-order valence-electron chi connectivity index (χ2n) is 4.33. The van der Waals surface area contributed by atoms with Crippen LogP contribution in [0.2, 0.25) is 10.0 Å². The van der Waals surface area contributed by atoms with Gasteiger partial charge in [0.15, 0.2) is 11.6 Å². The highest BCUT2D eigenvalue weighted by Crippen LogP contribution is 2.25. The first-order valence-electron chi connectivity index (χ1n) is 5.30. The summed E-state index contributed by atoms with van der Waals surface area (Å²) < 4.78 is 0. The van der Waals surface area contributed by atoms with Crippen LogP contribution in [0.3, 0.4) is 0 Å². The molecule has 1 heterocycles. The van der Waals surface area contributed by atoms with Gasteiger partial charge in [0.2, 0.25) is 5.96 Å². The number of halogens is 2. The Morgan fingerprint density at radius 3 is 2.56 bits per heavy atom. The normalized spacial score (nSPS) is 17.6. The summed E-state index contributed by atoms with van der Waals surface area (Å²) in [7, 11) is 0. The van der Waals surface area contributed by atoms with Gasteiger partial charge in [-0.25, -0.2) is 9.98 Å². The number of guanidine groups is 2. The van der Waals surface area contributed by atoms with Crippen LogP contribution >= 0.6 is 23.2 Å². The Balaban J connectivity index is 2.19. The zero-order chi connectivity index (χ0) is 13.3. The van der Waals surface area contributed by atoms with Crippen molar-refractivity contribution in [2.24, 2.45) is 15.7 Å². The van der Waals surface area contributed by atoms with Crippen LogP contribution in [0, 0.1) is 0 Å². The molecule has 7 heteroatoms. The predicted molar refractivity (Wildman–Crippen MR) is 76.4 cm³/mol. The monoisotopic (exact) mass is 285 g/mol. The molecule has 0 fully saturated rings. The van der Waals surface area contributed by atoms with Gasteiger partial charge in [0.05, 0.1) is 10.0 Å². The molecule has 0 aromatic heterocycles. The number of nitrogens with zero attached hydrogens (tertiary/aromatic N) is 2. The van der Waals surface area contributed by atoms with Crippen LogP contribution in [-0.4, -0.2) is 17.6 Å². The Morgan fingerprint density at radius 1 is 1.22 bits per heavy atom. The van der Waals surface area contributed by atoms with E-state index in [0.29, 0.717) is 22.0 Å². The van der Waals surface area contributed by atoms with E-state index in [-0.39, 0.29) is 0 Å². The summed E-state index contributed by atoms with van der Waals surface area (Å²) in [6.45, 7) is 3.72. The zero-order valence-corrected chi connectivity index (χ0v) is 11.5. The molecule has 2 rings (SSSR count). The van der Waals surface area contributed by atoms with Gasteiger partial charge in [0.1, 0.15) is 0 Å². The number of anilines is 1. The maximum absolute atomic E-state index is 5.94. The molecule has 0 unspecified atom stereocenters. The van der Waals surface area contributed by atoms with Crippen LogP contribution < -0.4 is 16.4 Å². The quantitative estimate of drug-likeness (QED) is 0.742. The molecule has 0 atom stereocenters. The highest BCUT2D eigenvalue weighted by Gasteiger charge is 2.21. The third-order valence-electron chi connectivity index (χ3n) is 2.21. The van der Waals surface area contributed by atoms with Gasteiger partial charge in [-0.2, -0.15) is 0 Å². The lowest BCUT2D eigenvalue weighted by Crippen LogP contribution is -2.47. The van der Waals surface area contributed by atoms with Crippen molar-refractivity contribution in [2.75, 3.05) is 5.32 Å². The summed E-state index contributed by atoms with van der Waals surface area (Å²) in [4.78, 5) is 8.51. The minimum absolute atomic E-state index is 0.317. The van der Waals surface area contributed by atoms with Gasteiger partial charge in [-0.15, -0.1) is 0 Å². The van der Waals surface area contributed by atoms with E-state index in [9.17, 15) is 0 Å². The number of nitrogens with one attached hydrogen (secondary N) is 2. The fourth-order valence-corrected chi connectivity index (χ4v) is 1.84. The van der Waals surface area contributed by atoms with E-state index in [4.69, 9.17) is 28.9 Å². The van der Waals surface area contributed by atoms with Gasteiger partial charge >= 0.3 is 0 Å². The molecule has 0 bridgehead atoms. The Hall–Kier alpha value is -1.46. The average molecular weight is 286 g/mol. The Morgan fingerprint density at radius 2 is 1.94 bits per heavy atom. The van der Waals surface area contributed by atoms with Gasteiger partial charge in [0, 0.05) is 5.69 Å². The summed E-state index contributed by atoms with van der Waals surface area (Å²) in [6, 6.07) is 5.22. The minimum Gasteiger partial charge on any atom is -0.370 e. The average Bonchev–Trinajstić information content (AvgIpc) is 2.20. The molecule has 18 heavy (non-hydrogen) atoms. The van der Waals surface area contributed by atoms with E-state index in [0.717, 1.165) is 5.69 Å². The van der Waals surface area contributed by atoms with E-state index in [1.54, 1.807) is 18.2 Å². The molecule has 1 aromatic carbocycles. The number of nitrogens with two attached hydrogens (primary N) is 1. The number of hydrogen-bond donors (Lipinski definition) is 3. The van der Waals surface area contributed by atoms with Crippen molar-refractivity contribution in [2.45, 2.75) is 19.5 Å². The summed E-state index contributed by atoms with van der Waals surface area (Å²) in [5, 5.41) is 6.89. The zero-order valence-electron chi connectivity index (χ0n) is 9.96. The smallest absolute Gasteiger partial charge is 0.205 e. The lowest BCUT2D eigenvalue weighted by atomic mass is 10.2. The summed E-state index contributed by atoms with van der Waals surface area (Å²) in [5.41, 5.74) is 5.85. The maximum Gasteiger partial charge on any atom is 0.205 e. The molecule has 0 saturated heterocycles. The summed E-state index contributed by atoms with van der Waals surface area (Å²) >= 11 is 11.8. The van der Waals surface area contributed by atoms with E-state index in [1.807, 2.05) is 13.8 Å². The molecule has 4 N–H and O–H groups in total. The van der Waals surface area contributed by atoms with Crippen molar-refractivity contribution >= 4 is 40.8 Å². The molecule has 1 aliphatic heterocycles. The van der Waals surface area contributed by atoms with Crippen LogP contribution in [0.25, 0.3) is 0 Å². The maximum atomic E-state index is 5.94. The first kappa shape index (κ1) is 13.0. The molecule has 96 valence electrons. The van der Waals surface area contributed by atoms with Crippen molar-refractivity contribution < 1.29 is 0 Å². The first-order valence-corrected chi connectivity index (χ1v) is 6.06. The second kappa shape index (κ2) is 4.66. The largest absolute Gasteiger partial charge is 0.370 e. The first-order chi connectivity index (χ1) is 8.35. The third kappa shape index (κ3) is 3.05. The van der Waals surface area contributed by atoms with Crippen LogP contribution in [0.4, 0.5) is 5.69 Å². The molecule has 1 aliphatic rings. The van der Waals surface area contributed by atoms with Gasteiger partial charge in [0.25, 0.3) is 0 Å². The van der Waals surface area contributed by atoms with Crippen molar-refractivity contribution in [3.05, 3.63) is 28.2 Å². The van der Waals surface area contributed by atoms with Gasteiger partial charge < -0.3 is 11.1 Å². The highest BCUT2D eigenvalue weighted by molar-refractivity contribution is 6.42. The Bertz CT molecular complexity index is 536. The molecule has 1 aromatic rings. The molecule has 0 spiro atoms. The van der Waals surface area contributed by atoms with Crippen LogP contribution in [0.5, 0.6) is 0 Å². The SMILES string of the molecule is CC1(C)N=C(N)NC(Nc2ccc(Cl)c(Cl)c2)=N1. The van der Waals surface area contributed by atoms with Gasteiger partial charge in [-0.05, 0) is 32.0 Å². The number of rotatable bonds is 1. The van der Waals surface area contributed by atoms with Crippen molar-refractivity contribution in [1.82, 2.24) is 5.32 Å². The Labute approximate surface area is 115 Å². The predicted octanol–water partition coefficient (Wildman–Crippen LogP) is 2.42. The van der Waals surface area contributed by atoms with Crippen LogP contribution in [0.1, 0.15) is 13.8 Å². The molecule has 0 saturated carbocycles. The second-order valence-corrected chi connectivity index (χ2v) is 5.15. The molecule has 0 radical (unpaired) electrons. The van der Waals surface area contributed by atoms with Crippen molar-refractivity contribution in [3.8, 4) is 0 Å². The van der Waals surface area contributed by atoms with Gasteiger partial charge in [-0.1, -0.05) is 23.2 Å². The molecule has 5 nitrogen and oxygen atoms in total. The minimum atomic E-state index is -0.589. The number of hydrogen-bond acceptors (Lipinski definition) is 5. The fourth-order valence-electron chi connectivity index (χ4n) is 1.54. The molecule has 0 amide bonds. The fraction of sp³-hybridized carbons (Fsp3) is 0.273. The number of benzene rings is 1. The topological polar surface area (TPSA) is 74.8 Å². The summed E-state index contributed by atoms with van der Waals surface area (Å²) in [6.07, 6.45) is 0. The van der Waals surface area contributed by atoms with Crippen molar-refractivity contribution in [1.29, 1.82) is 0 Å². The third-order valence-corrected chi connectivity index (χ3v) is 2.95. The summed E-state index contributed by atoms with van der Waals surface area (Å²) in [5.74, 6) is 0.837. The van der Waals surface area contributed by atoms with Crippen molar-refractivity contribution in [3.63, 3.8) is 0 Å². The molecular weight excluding hydrogens is 273 g/mol. The Kier molecular flexibility index (Phi) is 3.36. The van der Waals surface area contributed by atoms with Crippen LogP contribution in [0.15, 0.2) is 28.2 Å². The highest BCUT2D eigenvalue weighted by atomic mass is 35.5. The van der Waals surface area contributed by atoms with E-state index in [1.165, 1.54) is 0 Å². The standard InChI is InChI=1S/C11H13Cl2N5/c1-11(2)17-9(14)16-10(18-11)15-6-3-4-7(12)8(13)5-6/h3-5H,1-2H3,(H4,14,15,16,17,18). The van der Waals surface area contributed by atoms with E-state index in [2.05, 4.69) is 20.6 Å². The van der Waals surface area contributed by atoms with E-state index >= 15 is 0 Å². The van der Waals surface area contributed by atoms with Crippen LogP contribution in [-0.2, 0) is 0 Å². The lowest BCUT2D eigenvalue weighted by Gasteiger charge is -2.24. The number of aliphatic imine (C=N–C) groups is 2. The molecular formula is C11H13Cl2N5. The molecule has 0 aliphatic carbocycles.